The van der Waals surface area contributed by atoms with Crippen molar-refractivity contribution in [2.75, 3.05) is 6.26 Å². The van der Waals surface area contributed by atoms with Gasteiger partial charge in [-0.1, -0.05) is 6.07 Å². The average Bonchev–Trinajstić information content (AvgIpc) is 2.82. The normalized spacial score (nSPS) is 18.8. The van der Waals surface area contributed by atoms with Crippen LogP contribution in [0, 0.1) is 0 Å². The van der Waals surface area contributed by atoms with Gasteiger partial charge in [0.05, 0.1) is 0 Å². The molecule has 0 aromatic heterocycles. The van der Waals surface area contributed by atoms with E-state index >= 15 is 0 Å². The standard InChI is InChI=1S/C10H13NO3S/c1-15(13,14)9-3-2-7(6-8(9)12)10(11)4-5-10/h2-3,6,12H,4-5,11H2,1H3. The summed E-state index contributed by atoms with van der Waals surface area (Å²) >= 11 is 0. The number of rotatable bonds is 2. The highest BCUT2D eigenvalue weighted by Gasteiger charge is 2.40. The van der Waals surface area contributed by atoms with E-state index in [1.54, 1.807) is 6.07 Å². The van der Waals surface area contributed by atoms with Gasteiger partial charge in [0.2, 0.25) is 0 Å². The van der Waals surface area contributed by atoms with Gasteiger partial charge < -0.3 is 10.8 Å². The number of phenolic OH excluding ortho intramolecular Hbond substituents is 1. The van der Waals surface area contributed by atoms with E-state index in [-0.39, 0.29) is 16.2 Å². The van der Waals surface area contributed by atoms with E-state index in [0.717, 1.165) is 24.7 Å². The molecule has 1 saturated carbocycles. The molecule has 0 radical (unpaired) electrons. The first kappa shape index (κ1) is 10.4. The van der Waals surface area contributed by atoms with Crippen LogP contribution in [0.15, 0.2) is 23.1 Å². The molecule has 15 heavy (non-hydrogen) atoms. The van der Waals surface area contributed by atoms with Crippen molar-refractivity contribution in [1.29, 1.82) is 0 Å². The van der Waals surface area contributed by atoms with Gasteiger partial charge in [-0.15, -0.1) is 0 Å². The monoisotopic (exact) mass is 227 g/mol. The van der Waals surface area contributed by atoms with Gasteiger partial charge in [-0.25, -0.2) is 8.42 Å². The third-order valence-electron chi connectivity index (χ3n) is 2.72. The van der Waals surface area contributed by atoms with Crippen molar-refractivity contribution in [3.8, 4) is 5.75 Å². The second-order valence-electron chi connectivity index (χ2n) is 4.11. The molecule has 0 amide bonds. The molecule has 0 spiro atoms. The maximum Gasteiger partial charge on any atom is 0.179 e. The van der Waals surface area contributed by atoms with Gasteiger partial charge in [-0.3, -0.25) is 0 Å². The van der Waals surface area contributed by atoms with E-state index < -0.39 is 9.84 Å². The van der Waals surface area contributed by atoms with Gasteiger partial charge in [0.1, 0.15) is 10.6 Å². The summed E-state index contributed by atoms with van der Waals surface area (Å²) in [6, 6.07) is 4.53. The molecule has 82 valence electrons. The summed E-state index contributed by atoms with van der Waals surface area (Å²) in [5, 5.41) is 9.58. The number of sulfone groups is 1. The van der Waals surface area contributed by atoms with Crippen molar-refractivity contribution >= 4 is 9.84 Å². The summed E-state index contributed by atoms with van der Waals surface area (Å²) in [6.45, 7) is 0. The van der Waals surface area contributed by atoms with Gasteiger partial charge in [0.25, 0.3) is 0 Å². The Morgan fingerprint density at radius 3 is 2.40 bits per heavy atom. The Morgan fingerprint density at radius 1 is 1.40 bits per heavy atom. The molecule has 0 bridgehead atoms. The van der Waals surface area contributed by atoms with E-state index in [4.69, 9.17) is 5.73 Å². The van der Waals surface area contributed by atoms with Crippen LogP contribution in [0.3, 0.4) is 0 Å². The molecular weight excluding hydrogens is 214 g/mol. The van der Waals surface area contributed by atoms with E-state index in [9.17, 15) is 13.5 Å². The van der Waals surface area contributed by atoms with Crippen molar-refractivity contribution in [2.24, 2.45) is 5.73 Å². The van der Waals surface area contributed by atoms with E-state index in [2.05, 4.69) is 0 Å². The minimum absolute atomic E-state index is 0.0458. The minimum atomic E-state index is -3.37. The van der Waals surface area contributed by atoms with Crippen LogP contribution in [0.5, 0.6) is 5.75 Å². The molecular formula is C10H13NO3S. The molecule has 0 atom stereocenters. The van der Waals surface area contributed by atoms with Crippen LogP contribution in [0.2, 0.25) is 0 Å². The van der Waals surface area contributed by atoms with E-state index in [1.165, 1.54) is 12.1 Å². The Bertz CT molecular complexity index is 503. The quantitative estimate of drug-likeness (QED) is 0.781. The van der Waals surface area contributed by atoms with Crippen LogP contribution in [0.25, 0.3) is 0 Å². The Morgan fingerprint density at radius 2 is 2.00 bits per heavy atom. The summed E-state index contributed by atoms with van der Waals surface area (Å²) in [5.41, 5.74) is 6.38. The second kappa shape index (κ2) is 2.96. The molecule has 3 N–H and O–H groups in total. The Hall–Kier alpha value is -1.07. The van der Waals surface area contributed by atoms with Gasteiger partial charge in [-0.05, 0) is 30.5 Å². The van der Waals surface area contributed by atoms with Gasteiger partial charge >= 0.3 is 0 Å². The predicted octanol–water partition coefficient (Wildman–Crippen LogP) is 0.744. The zero-order valence-electron chi connectivity index (χ0n) is 8.40. The van der Waals surface area contributed by atoms with Crippen LogP contribution in [-0.4, -0.2) is 19.8 Å². The number of hydrogen-bond donors (Lipinski definition) is 2. The lowest BCUT2D eigenvalue weighted by atomic mass is 10.1. The smallest absolute Gasteiger partial charge is 0.179 e. The fourth-order valence-corrected chi connectivity index (χ4v) is 2.32. The van der Waals surface area contributed by atoms with Crippen molar-refractivity contribution in [3.05, 3.63) is 23.8 Å². The predicted molar refractivity (Wildman–Crippen MR) is 56.3 cm³/mol. The fraction of sp³-hybridized carbons (Fsp3) is 0.400. The molecule has 1 aromatic rings. The highest BCUT2D eigenvalue weighted by molar-refractivity contribution is 7.90. The molecule has 0 saturated heterocycles. The third kappa shape index (κ3) is 1.85. The largest absolute Gasteiger partial charge is 0.507 e. The molecule has 0 aliphatic heterocycles. The molecule has 1 aliphatic rings. The van der Waals surface area contributed by atoms with Gasteiger partial charge in [0, 0.05) is 11.8 Å². The van der Waals surface area contributed by atoms with Gasteiger partial charge in [-0.2, -0.15) is 0 Å². The molecule has 0 unspecified atom stereocenters. The molecule has 1 fully saturated rings. The summed E-state index contributed by atoms with van der Waals surface area (Å²) in [7, 11) is -3.37. The topological polar surface area (TPSA) is 80.4 Å². The molecule has 1 aromatic carbocycles. The molecule has 5 heteroatoms. The summed E-state index contributed by atoms with van der Waals surface area (Å²) < 4.78 is 22.5. The Balaban J connectivity index is 2.49. The number of nitrogens with two attached hydrogens (primary N) is 1. The van der Waals surface area contributed by atoms with Crippen LogP contribution in [0.4, 0.5) is 0 Å². The first-order valence-electron chi connectivity index (χ1n) is 4.65. The molecule has 0 heterocycles. The minimum Gasteiger partial charge on any atom is -0.507 e. The number of phenols is 1. The SMILES string of the molecule is CS(=O)(=O)c1ccc(C2(N)CC2)cc1O. The Kier molecular flexibility index (Phi) is 2.06. The van der Waals surface area contributed by atoms with Crippen LogP contribution in [0.1, 0.15) is 18.4 Å². The highest BCUT2D eigenvalue weighted by atomic mass is 32.2. The van der Waals surface area contributed by atoms with Crippen LogP contribution >= 0.6 is 0 Å². The van der Waals surface area contributed by atoms with Crippen molar-refractivity contribution in [3.63, 3.8) is 0 Å². The molecule has 4 nitrogen and oxygen atoms in total. The number of hydrogen-bond acceptors (Lipinski definition) is 4. The van der Waals surface area contributed by atoms with E-state index in [1.807, 2.05) is 0 Å². The average molecular weight is 227 g/mol. The summed E-state index contributed by atoms with van der Waals surface area (Å²) in [4.78, 5) is -0.0458. The lowest BCUT2D eigenvalue weighted by Crippen LogP contribution is -2.18. The first-order chi connectivity index (χ1) is 6.83. The second-order valence-corrected chi connectivity index (χ2v) is 6.09. The van der Waals surface area contributed by atoms with Crippen molar-refractivity contribution < 1.29 is 13.5 Å². The highest BCUT2D eigenvalue weighted by Crippen LogP contribution is 2.44. The van der Waals surface area contributed by atoms with Crippen LogP contribution < -0.4 is 5.73 Å². The lowest BCUT2D eigenvalue weighted by Gasteiger charge is -2.10. The Labute approximate surface area is 88.6 Å². The maximum absolute atomic E-state index is 11.2. The number of aromatic hydroxyl groups is 1. The summed E-state index contributed by atoms with van der Waals surface area (Å²) in [5.74, 6) is -0.216. The third-order valence-corrected chi connectivity index (χ3v) is 3.87. The summed E-state index contributed by atoms with van der Waals surface area (Å²) in [6.07, 6.45) is 2.83. The molecule has 1 aliphatic carbocycles. The van der Waals surface area contributed by atoms with Crippen molar-refractivity contribution in [1.82, 2.24) is 0 Å². The fourth-order valence-electron chi connectivity index (χ4n) is 1.56. The van der Waals surface area contributed by atoms with Crippen molar-refractivity contribution in [2.45, 2.75) is 23.3 Å². The zero-order chi connectivity index (χ0) is 11.3. The van der Waals surface area contributed by atoms with Crippen LogP contribution in [-0.2, 0) is 15.4 Å². The molecule has 2 rings (SSSR count). The number of benzene rings is 1. The van der Waals surface area contributed by atoms with E-state index in [0.29, 0.717) is 0 Å². The lowest BCUT2D eigenvalue weighted by molar-refractivity contribution is 0.457. The van der Waals surface area contributed by atoms with Gasteiger partial charge in [0.15, 0.2) is 9.84 Å². The first-order valence-corrected chi connectivity index (χ1v) is 6.54. The zero-order valence-corrected chi connectivity index (χ0v) is 9.21. The maximum atomic E-state index is 11.2.